The molecule has 0 saturated heterocycles. The number of hydrogen-bond acceptors (Lipinski definition) is 2. The van der Waals surface area contributed by atoms with E-state index in [1.807, 2.05) is 0 Å². The Bertz CT molecular complexity index is 305. The Hall–Kier alpha value is -0.340. The van der Waals surface area contributed by atoms with E-state index in [4.69, 9.17) is 0 Å². The van der Waals surface area contributed by atoms with E-state index < -0.39 is 0 Å². The molecule has 2 N–H and O–H groups in total. The van der Waals surface area contributed by atoms with Crippen molar-refractivity contribution < 1.29 is 5.11 Å². The lowest BCUT2D eigenvalue weighted by Gasteiger charge is -2.29. The molecule has 2 aliphatic carbocycles. The first-order valence-corrected chi connectivity index (χ1v) is 7.45. The average molecular weight is 251 g/mol. The van der Waals surface area contributed by atoms with Gasteiger partial charge in [-0.2, -0.15) is 0 Å². The molecule has 2 nitrogen and oxygen atoms in total. The fourth-order valence-electron chi connectivity index (χ4n) is 3.65. The SMILES string of the molecule is CC(NCC(O)CC(C)(C)C)C1CC2C=CC1C2. The van der Waals surface area contributed by atoms with Crippen LogP contribution in [0.4, 0.5) is 0 Å². The van der Waals surface area contributed by atoms with Crippen molar-refractivity contribution >= 4 is 0 Å². The molecule has 5 atom stereocenters. The van der Waals surface area contributed by atoms with Crippen LogP contribution in [0.5, 0.6) is 0 Å². The molecule has 2 bridgehead atoms. The first-order chi connectivity index (χ1) is 8.35. The molecule has 1 fully saturated rings. The van der Waals surface area contributed by atoms with E-state index in [-0.39, 0.29) is 11.5 Å². The highest BCUT2D eigenvalue weighted by Crippen LogP contribution is 2.44. The molecule has 0 spiro atoms. The van der Waals surface area contributed by atoms with Crippen molar-refractivity contribution in [2.45, 2.75) is 59.1 Å². The van der Waals surface area contributed by atoms with E-state index in [0.29, 0.717) is 6.04 Å². The van der Waals surface area contributed by atoms with Gasteiger partial charge in [-0.3, -0.25) is 0 Å². The summed E-state index contributed by atoms with van der Waals surface area (Å²) in [6.07, 6.45) is 8.14. The molecule has 0 aliphatic heterocycles. The lowest BCUT2D eigenvalue weighted by molar-refractivity contribution is 0.113. The summed E-state index contributed by atoms with van der Waals surface area (Å²) in [5.74, 6) is 2.41. The van der Waals surface area contributed by atoms with E-state index in [9.17, 15) is 5.11 Å². The summed E-state index contributed by atoms with van der Waals surface area (Å²) in [6.45, 7) is 9.56. The molecule has 0 aromatic heterocycles. The monoisotopic (exact) mass is 251 g/mol. The second kappa shape index (κ2) is 5.34. The zero-order valence-corrected chi connectivity index (χ0v) is 12.3. The summed E-state index contributed by atoms with van der Waals surface area (Å²) in [5, 5.41) is 13.6. The molecule has 0 aromatic carbocycles. The molecule has 0 radical (unpaired) electrons. The molecule has 18 heavy (non-hydrogen) atoms. The van der Waals surface area contributed by atoms with Crippen molar-refractivity contribution in [1.82, 2.24) is 5.32 Å². The Morgan fingerprint density at radius 2 is 2.00 bits per heavy atom. The van der Waals surface area contributed by atoms with Gasteiger partial charge in [0, 0.05) is 12.6 Å². The van der Waals surface area contributed by atoms with Gasteiger partial charge in [0.25, 0.3) is 0 Å². The number of allylic oxidation sites excluding steroid dienone is 2. The second-order valence-corrected chi connectivity index (χ2v) is 7.56. The van der Waals surface area contributed by atoms with Gasteiger partial charge in [-0.1, -0.05) is 32.9 Å². The number of hydrogen-bond donors (Lipinski definition) is 2. The largest absolute Gasteiger partial charge is 0.392 e. The fraction of sp³-hybridized carbons (Fsp3) is 0.875. The van der Waals surface area contributed by atoms with Crippen LogP contribution in [0.15, 0.2) is 12.2 Å². The number of aliphatic hydroxyl groups is 1. The van der Waals surface area contributed by atoms with Crippen molar-refractivity contribution in [1.29, 1.82) is 0 Å². The van der Waals surface area contributed by atoms with E-state index in [0.717, 1.165) is 30.7 Å². The summed E-state index contributed by atoms with van der Waals surface area (Å²) >= 11 is 0. The minimum atomic E-state index is -0.221. The maximum atomic E-state index is 10.0. The predicted molar refractivity (Wildman–Crippen MR) is 76.4 cm³/mol. The van der Waals surface area contributed by atoms with Gasteiger partial charge >= 0.3 is 0 Å². The van der Waals surface area contributed by atoms with Crippen LogP contribution in [-0.2, 0) is 0 Å². The Morgan fingerprint density at radius 3 is 2.50 bits per heavy atom. The number of aliphatic hydroxyl groups excluding tert-OH is 1. The van der Waals surface area contributed by atoms with Crippen LogP contribution in [0.25, 0.3) is 0 Å². The molecule has 1 saturated carbocycles. The van der Waals surface area contributed by atoms with E-state index in [1.54, 1.807) is 0 Å². The molecular weight excluding hydrogens is 222 g/mol. The van der Waals surface area contributed by atoms with Gasteiger partial charge in [0.05, 0.1) is 6.10 Å². The van der Waals surface area contributed by atoms with Gasteiger partial charge in [-0.15, -0.1) is 0 Å². The van der Waals surface area contributed by atoms with Crippen molar-refractivity contribution in [3.05, 3.63) is 12.2 Å². The van der Waals surface area contributed by atoms with Crippen molar-refractivity contribution in [3.8, 4) is 0 Å². The first-order valence-electron chi connectivity index (χ1n) is 7.45. The molecule has 5 unspecified atom stereocenters. The Morgan fingerprint density at radius 1 is 1.28 bits per heavy atom. The lowest BCUT2D eigenvalue weighted by atomic mass is 9.87. The molecule has 0 heterocycles. The van der Waals surface area contributed by atoms with Gasteiger partial charge in [-0.05, 0) is 49.4 Å². The van der Waals surface area contributed by atoms with Crippen LogP contribution in [0, 0.1) is 23.2 Å². The van der Waals surface area contributed by atoms with Crippen molar-refractivity contribution in [2.75, 3.05) is 6.54 Å². The average Bonchev–Trinajstić information content (AvgIpc) is 2.84. The Labute approximate surface area is 112 Å². The summed E-state index contributed by atoms with van der Waals surface area (Å²) in [4.78, 5) is 0. The normalized spacial score (nSPS) is 33.9. The van der Waals surface area contributed by atoms with Crippen LogP contribution >= 0.6 is 0 Å². The van der Waals surface area contributed by atoms with Gasteiger partial charge in [0.15, 0.2) is 0 Å². The highest BCUT2D eigenvalue weighted by atomic mass is 16.3. The van der Waals surface area contributed by atoms with Crippen LogP contribution in [0.3, 0.4) is 0 Å². The van der Waals surface area contributed by atoms with Gasteiger partial charge in [0.1, 0.15) is 0 Å². The van der Waals surface area contributed by atoms with Crippen molar-refractivity contribution in [3.63, 3.8) is 0 Å². The zero-order chi connectivity index (χ0) is 13.3. The third kappa shape index (κ3) is 3.58. The lowest BCUT2D eigenvalue weighted by Crippen LogP contribution is -2.40. The summed E-state index contributed by atoms with van der Waals surface area (Å²) in [6, 6.07) is 0.527. The highest BCUT2D eigenvalue weighted by molar-refractivity contribution is 5.11. The quantitative estimate of drug-likeness (QED) is 0.736. The number of fused-ring (bicyclic) bond motifs is 2. The maximum absolute atomic E-state index is 10.0. The molecule has 2 rings (SSSR count). The Balaban J connectivity index is 1.72. The number of nitrogens with one attached hydrogen (secondary N) is 1. The smallest absolute Gasteiger partial charge is 0.0669 e. The fourth-order valence-corrected chi connectivity index (χ4v) is 3.65. The van der Waals surface area contributed by atoms with Crippen LogP contribution in [-0.4, -0.2) is 23.8 Å². The molecule has 2 heteroatoms. The topological polar surface area (TPSA) is 32.3 Å². The molecule has 104 valence electrons. The first kappa shape index (κ1) is 14.1. The minimum Gasteiger partial charge on any atom is -0.392 e. The van der Waals surface area contributed by atoms with Crippen molar-refractivity contribution in [2.24, 2.45) is 23.2 Å². The molecular formula is C16H29NO. The van der Waals surface area contributed by atoms with Gasteiger partial charge in [0.2, 0.25) is 0 Å². The van der Waals surface area contributed by atoms with E-state index in [1.165, 1.54) is 12.8 Å². The third-order valence-corrected chi connectivity index (χ3v) is 4.50. The number of rotatable bonds is 5. The van der Waals surface area contributed by atoms with Crippen LogP contribution in [0.2, 0.25) is 0 Å². The minimum absolute atomic E-state index is 0.208. The standard InChI is InChI=1S/C16H29NO/c1-11(15-8-12-5-6-13(15)7-12)17-10-14(18)9-16(2,3)4/h5-6,11-15,17-18H,7-10H2,1-4H3. The Kier molecular flexibility index (Phi) is 4.18. The predicted octanol–water partition coefficient (Wildman–Crippen LogP) is 2.97. The van der Waals surface area contributed by atoms with E-state index in [2.05, 4.69) is 45.2 Å². The second-order valence-electron chi connectivity index (χ2n) is 7.56. The van der Waals surface area contributed by atoms with Gasteiger partial charge in [-0.25, -0.2) is 0 Å². The van der Waals surface area contributed by atoms with E-state index >= 15 is 0 Å². The molecule has 0 aromatic rings. The zero-order valence-electron chi connectivity index (χ0n) is 12.3. The molecule has 2 aliphatic rings. The summed E-state index contributed by atoms with van der Waals surface area (Å²) < 4.78 is 0. The third-order valence-electron chi connectivity index (χ3n) is 4.50. The summed E-state index contributed by atoms with van der Waals surface area (Å²) in [5.41, 5.74) is 0.208. The van der Waals surface area contributed by atoms with Crippen LogP contribution < -0.4 is 5.32 Å². The molecule has 0 amide bonds. The van der Waals surface area contributed by atoms with Gasteiger partial charge < -0.3 is 10.4 Å². The van der Waals surface area contributed by atoms with Crippen LogP contribution in [0.1, 0.15) is 47.0 Å². The summed E-state index contributed by atoms with van der Waals surface area (Å²) in [7, 11) is 0. The maximum Gasteiger partial charge on any atom is 0.0669 e. The highest BCUT2D eigenvalue weighted by Gasteiger charge is 2.38.